The van der Waals surface area contributed by atoms with Crippen LogP contribution in [0, 0.1) is 0 Å². The second-order valence-corrected chi connectivity index (χ2v) is 5.58. The van der Waals surface area contributed by atoms with Crippen LogP contribution in [0.15, 0.2) is 0 Å². The van der Waals surface area contributed by atoms with Crippen LogP contribution in [0.2, 0.25) is 0 Å². The summed E-state index contributed by atoms with van der Waals surface area (Å²) >= 11 is 0. The molecule has 0 aromatic rings. The molecule has 0 aromatic heterocycles. The van der Waals surface area contributed by atoms with E-state index >= 15 is 0 Å². The summed E-state index contributed by atoms with van der Waals surface area (Å²) in [6.45, 7) is 7.30. The van der Waals surface area contributed by atoms with Crippen LogP contribution < -0.4 is 5.73 Å². The maximum Gasteiger partial charge on any atom is 0.0736 e. The number of likely N-dealkylation sites (N-methyl/N-ethyl adjacent to an activating group) is 1. The molecule has 1 aliphatic rings. The van der Waals surface area contributed by atoms with E-state index in [-0.39, 0.29) is 11.6 Å². The third-order valence-electron chi connectivity index (χ3n) is 4.68. The van der Waals surface area contributed by atoms with Crippen molar-refractivity contribution < 1.29 is 4.74 Å². The summed E-state index contributed by atoms with van der Waals surface area (Å²) in [6, 6.07) is 0.623. The molecule has 1 rings (SSSR count). The Bertz CT molecular complexity index is 229. The van der Waals surface area contributed by atoms with Crippen LogP contribution in [-0.4, -0.2) is 68.3 Å². The molecule has 1 fully saturated rings. The normalized spacial score (nSPS) is 24.9. The number of ether oxygens (including phenoxy) is 1. The van der Waals surface area contributed by atoms with Gasteiger partial charge in [-0.2, -0.15) is 0 Å². The Morgan fingerprint density at radius 3 is 2.41 bits per heavy atom. The molecule has 0 aliphatic carbocycles. The Kier molecular flexibility index (Phi) is 5.38. The monoisotopic (exact) mass is 243 g/mol. The van der Waals surface area contributed by atoms with E-state index in [9.17, 15) is 0 Å². The summed E-state index contributed by atoms with van der Waals surface area (Å²) < 4.78 is 5.51. The second-order valence-electron chi connectivity index (χ2n) is 5.58. The maximum absolute atomic E-state index is 5.99. The van der Waals surface area contributed by atoms with Gasteiger partial charge in [-0.25, -0.2) is 0 Å². The Labute approximate surface area is 106 Å². The zero-order chi connectivity index (χ0) is 13.1. The van der Waals surface area contributed by atoms with Gasteiger partial charge >= 0.3 is 0 Å². The van der Waals surface area contributed by atoms with Crippen LogP contribution in [0.5, 0.6) is 0 Å². The standard InChI is InChI=1S/C13H29N3O/c1-11(17-5)13(2,10-14)16(4)12-6-8-15(3)9-7-12/h11-12H,6-10,14H2,1-5H3. The fraction of sp³-hybridized carbons (Fsp3) is 1.00. The van der Waals surface area contributed by atoms with Gasteiger partial charge in [0, 0.05) is 19.7 Å². The highest BCUT2D eigenvalue weighted by Gasteiger charge is 2.38. The van der Waals surface area contributed by atoms with Crippen LogP contribution in [0.4, 0.5) is 0 Å². The van der Waals surface area contributed by atoms with E-state index < -0.39 is 0 Å². The summed E-state index contributed by atoms with van der Waals surface area (Å²) in [5.74, 6) is 0. The van der Waals surface area contributed by atoms with E-state index in [1.807, 2.05) is 0 Å². The van der Waals surface area contributed by atoms with E-state index in [0.29, 0.717) is 12.6 Å². The van der Waals surface area contributed by atoms with E-state index in [0.717, 1.165) is 0 Å². The molecule has 2 N–H and O–H groups in total. The van der Waals surface area contributed by atoms with Crippen LogP contribution in [0.25, 0.3) is 0 Å². The molecular formula is C13H29N3O. The Balaban J connectivity index is 2.68. The van der Waals surface area contributed by atoms with Crippen molar-refractivity contribution in [2.75, 3.05) is 40.8 Å². The van der Waals surface area contributed by atoms with Crippen molar-refractivity contribution in [1.29, 1.82) is 0 Å². The molecular weight excluding hydrogens is 214 g/mol. The SMILES string of the molecule is COC(C)C(C)(CN)N(C)C1CCN(C)CC1. The van der Waals surface area contributed by atoms with Gasteiger partial charge in [0.1, 0.15) is 0 Å². The molecule has 0 spiro atoms. The summed E-state index contributed by atoms with van der Waals surface area (Å²) in [6.07, 6.45) is 2.59. The van der Waals surface area contributed by atoms with Crippen molar-refractivity contribution in [2.45, 2.75) is 44.4 Å². The van der Waals surface area contributed by atoms with E-state index in [4.69, 9.17) is 10.5 Å². The maximum atomic E-state index is 5.99. The smallest absolute Gasteiger partial charge is 0.0736 e. The Morgan fingerprint density at radius 2 is 2.00 bits per heavy atom. The molecule has 1 aliphatic heterocycles. The minimum atomic E-state index is -0.0741. The lowest BCUT2D eigenvalue weighted by Crippen LogP contribution is -2.61. The van der Waals surface area contributed by atoms with E-state index in [1.54, 1.807) is 7.11 Å². The van der Waals surface area contributed by atoms with E-state index in [1.165, 1.54) is 25.9 Å². The summed E-state index contributed by atoms with van der Waals surface area (Å²) in [5, 5.41) is 0. The largest absolute Gasteiger partial charge is 0.380 e. The minimum absolute atomic E-state index is 0.0741. The highest BCUT2D eigenvalue weighted by Crippen LogP contribution is 2.26. The topological polar surface area (TPSA) is 41.7 Å². The third kappa shape index (κ3) is 3.19. The van der Waals surface area contributed by atoms with Crippen LogP contribution in [0.1, 0.15) is 26.7 Å². The predicted octanol–water partition coefficient (Wildman–Crippen LogP) is 0.765. The van der Waals surface area contributed by atoms with E-state index in [2.05, 4.69) is 37.7 Å². The van der Waals surface area contributed by atoms with Crippen LogP contribution >= 0.6 is 0 Å². The zero-order valence-corrected chi connectivity index (χ0v) is 12.1. The average Bonchev–Trinajstić information content (AvgIpc) is 2.36. The third-order valence-corrected chi connectivity index (χ3v) is 4.68. The molecule has 102 valence electrons. The van der Waals surface area contributed by atoms with Crippen molar-refractivity contribution in [3.63, 3.8) is 0 Å². The van der Waals surface area contributed by atoms with Gasteiger partial charge in [0.05, 0.1) is 11.6 Å². The highest BCUT2D eigenvalue weighted by molar-refractivity contribution is 4.95. The van der Waals surface area contributed by atoms with Gasteiger partial charge in [-0.1, -0.05) is 0 Å². The molecule has 0 amide bonds. The molecule has 0 saturated carbocycles. The van der Waals surface area contributed by atoms with Gasteiger partial charge < -0.3 is 15.4 Å². The van der Waals surface area contributed by atoms with Crippen molar-refractivity contribution in [3.8, 4) is 0 Å². The molecule has 4 heteroatoms. The Hall–Kier alpha value is -0.160. The zero-order valence-electron chi connectivity index (χ0n) is 12.1. The fourth-order valence-corrected chi connectivity index (χ4v) is 2.65. The first kappa shape index (κ1) is 14.9. The lowest BCUT2D eigenvalue weighted by atomic mass is 9.90. The van der Waals surface area contributed by atoms with Gasteiger partial charge in [0.2, 0.25) is 0 Å². The first-order chi connectivity index (χ1) is 7.95. The van der Waals surface area contributed by atoms with Crippen molar-refractivity contribution in [1.82, 2.24) is 9.80 Å². The average molecular weight is 243 g/mol. The molecule has 0 aromatic carbocycles. The molecule has 0 radical (unpaired) electrons. The second kappa shape index (κ2) is 6.14. The number of nitrogens with two attached hydrogens (primary N) is 1. The van der Waals surface area contributed by atoms with Crippen LogP contribution in [-0.2, 0) is 4.74 Å². The summed E-state index contributed by atoms with van der Waals surface area (Å²) in [5.41, 5.74) is 5.91. The van der Waals surface area contributed by atoms with Gasteiger partial charge in [-0.15, -0.1) is 0 Å². The molecule has 1 saturated heterocycles. The number of likely N-dealkylation sites (tertiary alicyclic amines) is 1. The van der Waals surface area contributed by atoms with Gasteiger partial charge in [0.15, 0.2) is 0 Å². The molecule has 1 heterocycles. The highest BCUT2D eigenvalue weighted by atomic mass is 16.5. The first-order valence-electron chi connectivity index (χ1n) is 6.60. The number of nitrogens with zero attached hydrogens (tertiary/aromatic N) is 2. The minimum Gasteiger partial charge on any atom is -0.380 e. The molecule has 2 unspecified atom stereocenters. The number of hydrogen-bond acceptors (Lipinski definition) is 4. The van der Waals surface area contributed by atoms with Gasteiger partial charge in [-0.05, 0) is 53.9 Å². The molecule has 4 nitrogen and oxygen atoms in total. The molecule has 17 heavy (non-hydrogen) atoms. The molecule has 0 bridgehead atoms. The van der Waals surface area contributed by atoms with Crippen molar-refractivity contribution in [2.24, 2.45) is 5.73 Å². The van der Waals surface area contributed by atoms with Crippen LogP contribution in [0.3, 0.4) is 0 Å². The quantitative estimate of drug-likeness (QED) is 0.774. The number of rotatable bonds is 5. The fourth-order valence-electron chi connectivity index (χ4n) is 2.65. The lowest BCUT2D eigenvalue weighted by Gasteiger charge is -2.48. The van der Waals surface area contributed by atoms with Crippen molar-refractivity contribution >= 4 is 0 Å². The Morgan fingerprint density at radius 1 is 1.47 bits per heavy atom. The number of piperidine rings is 1. The van der Waals surface area contributed by atoms with Gasteiger partial charge in [-0.3, -0.25) is 4.90 Å². The van der Waals surface area contributed by atoms with Gasteiger partial charge in [0.25, 0.3) is 0 Å². The first-order valence-corrected chi connectivity index (χ1v) is 6.60. The summed E-state index contributed by atoms with van der Waals surface area (Å²) in [4.78, 5) is 4.83. The number of methoxy groups -OCH3 is 1. The summed E-state index contributed by atoms with van der Waals surface area (Å²) in [7, 11) is 6.15. The number of hydrogen-bond donors (Lipinski definition) is 1. The predicted molar refractivity (Wildman–Crippen MR) is 72.2 cm³/mol. The van der Waals surface area contributed by atoms with Crippen molar-refractivity contribution in [3.05, 3.63) is 0 Å². The molecule has 2 atom stereocenters. The lowest BCUT2D eigenvalue weighted by molar-refractivity contribution is -0.0470.